The molecule has 1 saturated heterocycles. The highest BCUT2D eigenvalue weighted by Crippen LogP contribution is 2.34. The molecule has 29 heavy (non-hydrogen) atoms. The molecule has 1 atom stereocenters. The van der Waals surface area contributed by atoms with Crippen molar-refractivity contribution in [2.75, 3.05) is 31.1 Å². The highest BCUT2D eigenvalue weighted by molar-refractivity contribution is 7.22. The second kappa shape index (κ2) is 7.47. The Morgan fingerprint density at radius 3 is 2.97 bits per heavy atom. The number of anilines is 1. The Bertz CT molecular complexity index is 1130. The molecule has 0 saturated carbocycles. The van der Waals surface area contributed by atoms with Gasteiger partial charge in [-0.3, -0.25) is 4.79 Å². The summed E-state index contributed by atoms with van der Waals surface area (Å²) in [7, 11) is 0. The van der Waals surface area contributed by atoms with Crippen molar-refractivity contribution < 1.29 is 4.79 Å². The van der Waals surface area contributed by atoms with Crippen molar-refractivity contribution in [2.45, 2.75) is 18.9 Å². The van der Waals surface area contributed by atoms with Crippen LogP contribution in [0, 0.1) is 11.3 Å². The first-order valence-corrected chi connectivity index (χ1v) is 10.7. The minimum absolute atomic E-state index is 0.0423. The van der Waals surface area contributed by atoms with Crippen LogP contribution in [0.1, 0.15) is 39.5 Å². The molecule has 1 amide bonds. The molecule has 3 aromatic rings. The molecule has 1 fully saturated rings. The summed E-state index contributed by atoms with van der Waals surface area (Å²) in [5.74, 6) is -0.0794. The first-order chi connectivity index (χ1) is 14.2. The van der Waals surface area contributed by atoms with Gasteiger partial charge in [-0.15, -0.1) is 0 Å². The van der Waals surface area contributed by atoms with Gasteiger partial charge < -0.3 is 15.5 Å². The molecule has 1 aliphatic carbocycles. The lowest BCUT2D eigenvalue weighted by Crippen LogP contribution is -2.43. The molecule has 1 unspecified atom stereocenters. The number of benzene rings is 2. The van der Waals surface area contributed by atoms with Gasteiger partial charge in [0.25, 0.3) is 5.91 Å². The second-order valence-corrected chi connectivity index (χ2v) is 8.47. The van der Waals surface area contributed by atoms with Crippen molar-refractivity contribution in [3.8, 4) is 6.07 Å². The average molecular weight is 404 g/mol. The zero-order chi connectivity index (χ0) is 19.8. The SMILES string of the molecule is N#Cc1cccc2c1CCC2NC(=O)c1ccc2nc(N3CCNCC3)sc2c1. The van der Waals surface area contributed by atoms with Gasteiger partial charge in [-0.25, -0.2) is 4.98 Å². The summed E-state index contributed by atoms with van der Waals surface area (Å²) in [6, 6.07) is 13.7. The summed E-state index contributed by atoms with van der Waals surface area (Å²) in [4.78, 5) is 19.9. The molecule has 5 rings (SSSR count). The van der Waals surface area contributed by atoms with E-state index in [1.807, 2.05) is 36.4 Å². The topological polar surface area (TPSA) is 81.0 Å². The molecular weight excluding hydrogens is 382 g/mol. The molecular formula is C22H21N5OS. The van der Waals surface area contributed by atoms with Crippen molar-refractivity contribution in [3.05, 3.63) is 58.7 Å². The first-order valence-electron chi connectivity index (χ1n) is 9.92. The number of carbonyl (C=O) groups excluding carboxylic acids is 1. The molecule has 2 aromatic carbocycles. The van der Waals surface area contributed by atoms with Crippen LogP contribution in [0.2, 0.25) is 0 Å². The van der Waals surface area contributed by atoms with Crippen LogP contribution in [-0.2, 0) is 6.42 Å². The molecule has 2 aliphatic rings. The lowest BCUT2D eigenvalue weighted by atomic mass is 10.0. The lowest BCUT2D eigenvalue weighted by molar-refractivity contribution is 0.0937. The number of thiazole rings is 1. The van der Waals surface area contributed by atoms with Gasteiger partial charge in [-0.1, -0.05) is 23.5 Å². The van der Waals surface area contributed by atoms with Crippen molar-refractivity contribution in [2.24, 2.45) is 0 Å². The standard InChI is InChI=1S/C22H21N5OS/c23-13-15-2-1-3-17-16(15)5-7-18(17)25-21(28)14-4-6-19-20(12-14)29-22(26-19)27-10-8-24-9-11-27/h1-4,6,12,18,24H,5,7-11H2,(H,25,28). The Hall–Kier alpha value is -2.95. The molecule has 1 aromatic heterocycles. The van der Waals surface area contributed by atoms with E-state index in [0.717, 1.165) is 65.5 Å². The highest BCUT2D eigenvalue weighted by Gasteiger charge is 2.26. The van der Waals surface area contributed by atoms with Gasteiger partial charge in [-0.2, -0.15) is 5.26 Å². The quantitative estimate of drug-likeness (QED) is 0.703. The Morgan fingerprint density at radius 2 is 2.14 bits per heavy atom. The van der Waals surface area contributed by atoms with Crippen LogP contribution in [-0.4, -0.2) is 37.1 Å². The Labute approximate surface area is 173 Å². The third kappa shape index (κ3) is 3.35. The first kappa shape index (κ1) is 18.1. The Balaban J connectivity index is 1.36. The average Bonchev–Trinajstić information content (AvgIpc) is 3.38. The number of carbonyl (C=O) groups is 1. The van der Waals surface area contributed by atoms with Gasteiger partial charge in [0.1, 0.15) is 0 Å². The summed E-state index contributed by atoms with van der Waals surface area (Å²) in [5.41, 5.74) is 4.43. The molecule has 6 nitrogen and oxygen atoms in total. The monoisotopic (exact) mass is 403 g/mol. The minimum Gasteiger partial charge on any atom is -0.346 e. The number of nitrogens with zero attached hydrogens (tertiary/aromatic N) is 3. The van der Waals surface area contributed by atoms with Crippen molar-refractivity contribution >= 4 is 32.6 Å². The van der Waals surface area contributed by atoms with Gasteiger partial charge in [0.2, 0.25) is 0 Å². The van der Waals surface area contributed by atoms with Crippen LogP contribution in [0.15, 0.2) is 36.4 Å². The molecule has 0 radical (unpaired) electrons. The molecule has 2 N–H and O–H groups in total. The third-order valence-electron chi connectivity index (χ3n) is 5.72. The number of amides is 1. The largest absolute Gasteiger partial charge is 0.346 e. The van der Waals surface area contributed by atoms with Gasteiger partial charge >= 0.3 is 0 Å². The van der Waals surface area contributed by atoms with E-state index in [2.05, 4.69) is 21.6 Å². The fraction of sp³-hybridized carbons (Fsp3) is 0.318. The van der Waals surface area contributed by atoms with E-state index in [1.165, 1.54) is 0 Å². The van der Waals surface area contributed by atoms with Crippen LogP contribution in [0.5, 0.6) is 0 Å². The molecule has 146 valence electrons. The summed E-state index contributed by atoms with van der Waals surface area (Å²) in [5, 5.41) is 16.8. The molecule has 2 heterocycles. The van der Waals surface area contributed by atoms with E-state index >= 15 is 0 Å². The maximum atomic E-state index is 12.9. The number of rotatable bonds is 3. The zero-order valence-electron chi connectivity index (χ0n) is 15.9. The predicted molar refractivity (Wildman–Crippen MR) is 114 cm³/mol. The molecule has 0 spiro atoms. The Kier molecular flexibility index (Phi) is 4.66. The fourth-order valence-corrected chi connectivity index (χ4v) is 5.25. The van der Waals surface area contributed by atoms with Gasteiger partial charge in [0, 0.05) is 31.7 Å². The number of aromatic nitrogens is 1. The van der Waals surface area contributed by atoms with Crippen molar-refractivity contribution in [3.63, 3.8) is 0 Å². The number of nitrogens with one attached hydrogen (secondary N) is 2. The number of piperazine rings is 1. The second-order valence-electron chi connectivity index (χ2n) is 7.47. The van der Waals surface area contributed by atoms with E-state index in [0.29, 0.717) is 11.1 Å². The number of hydrogen-bond acceptors (Lipinski definition) is 6. The van der Waals surface area contributed by atoms with Gasteiger partial charge in [0.05, 0.1) is 27.9 Å². The summed E-state index contributed by atoms with van der Waals surface area (Å²) < 4.78 is 1.03. The van der Waals surface area contributed by atoms with E-state index in [1.54, 1.807) is 11.3 Å². The van der Waals surface area contributed by atoms with Gasteiger partial charge in [-0.05, 0) is 48.2 Å². The van der Waals surface area contributed by atoms with Crippen LogP contribution in [0.25, 0.3) is 10.2 Å². The Morgan fingerprint density at radius 1 is 1.28 bits per heavy atom. The fourth-order valence-electron chi connectivity index (χ4n) is 4.20. The van der Waals surface area contributed by atoms with Crippen molar-refractivity contribution in [1.29, 1.82) is 5.26 Å². The van der Waals surface area contributed by atoms with E-state index in [-0.39, 0.29) is 11.9 Å². The summed E-state index contributed by atoms with van der Waals surface area (Å²) >= 11 is 1.64. The van der Waals surface area contributed by atoms with E-state index in [4.69, 9.17) is 4.98 Å². The van der Waals surface area contributed by atoms with Crippen molar-refractivity contribution in [1.82, 2.24) is 15.6 Å². The molecule has 7 heteroatoms. The van der Waals surface area contributed by atoms with E-state index in [9.17, 15) is 10.1 Å². The zero-order valence-corrected chi connectivity index (χ0v) is 16.8. The number of nitriles is 1. The number of hydrogen-bond donors (Lipinski definition) is 2. The number of fused-ring (bicyclic) bond motifs is 2. The normalized spacial score (nSPS) is 18.4. The van der Waals surface area contributed by atoms with Crippen LogP contribution in [0.4, 0.5) is 5.13 Å². The van der Waals surface area contributed by atoms with E-state index < -0.39 is 0 Å². The van der Waals surface area contributed by atoms with Crippen LogP contribution < -0.4 is 15.5 Å². The van der Waals surface area contributed by atoms with Crippen LogP contribution in [0.3, 0.4) is 0 Å². The maximum Gasteiger partial charge on any atom is 0.251 e. The summed E-state index contributed by atoms with van der Waals surface area (Å²) in [6.45, 7) is 3.86. The lowest BCUT2D eigenvalue weighted by Gasteiger charge is -2.26. The maximum absolute atomic E-state index is 12.9. The van der Waals surface area contributed by atoms with Crippen LogP contribution >= 0.6 is 11.3 Å². The predicted octanol–water partition coefficient (Wildman–Crippen LogP) is 2.99. The minimum atomic E-state index is -0.0794. The molecule has 0 bridgehead atoms. The molecule has 1 aliphatic heterocycles. The smallest absolute Gasteiger partial charge is 0.251 e. The highest BCUT2D eigenvalue weighted by atomic mass is 32.1. The van der Waals surface area contributed by atoms with Gasteiger partial charge in [0.15, 0.2) is 5.13 Å². The third-order valence-corrected chi connectivity index (χ3v) is 6.80. The summed E-state index contributed by atoms with van der Waals surface area (Å²) in [6.07, 6.45) is 1.65.